The molecule has 208 valence electrons. The van der Waals surface area contributed by atoms with Crippen molar-refractivity contribution in [2.75, 3.05) is 58.7 Å². The SMILES string of the molecule is C=CC(=O)Nc1cc(N(C)CCN(C)C)ccc1-c1n[nH]c2c1CC[C@H](c1c(Cl)c(OC)cc(OC)c1Cl)C2. The number of H-pyrrole nitrogens is 1. The predicted octanol–water partition coefficient (Wildman–Crippen LogP) is 5.80. The molecule has 1 aliphatic carbocycles. The van der Waals surface area contributed by atoms with Crippen molar-refractivity contribution >= 4 is 40.5 Å². The van der Waals surface area contributed by atoms with Crippen LogP contribution in [-0.4, -0.2) is 69.5 Å². The van der Waals surface area contributed by atoms with E-state index in [-0.39, 0.29) is 11.8 Å². The maximum atomic E-state index is 12.3. The molecule has 39 heavy (non-hydrogen) atoms. The Hall–Kier alpha value is -3.20. The highest BCUT2D eigenvalue weighted by Crippen LogP contribution is 2.48. The van der Waals surface area contributed by atoms with Crippen LogP contribution >= 0.6 is 23.2 Å². The Kier molecular flexibility index (Phi) is 9.10. The minimum Gasteiger partial charge on any atom is -0.495 e. The number of aromatic nitrogens is 2. The van der Waals surface area contributed by atoms with Gasteiger partial charge in [-0.25, -0.2) is 0 Å². The number of rotatable bonds is 10. The second-order valence-electron chi connectivity index (χ2n) is 9.94. The summed E-state index contributed by atoms with van der Waals surface area (Å²) >= 11 is 13.4. The van der Waals surface area contributed by atoms with Crippen LogP contribution in [0.25, 0.3) is 11.3 Å². The van der Waals surface area contributed by atoms with Crippen LogP contribution in [0.3, 0.4) is 0 Å². The van der Waals surface area contributed by atoms with E-state index in [9.17, 15) is 4.79 Å². The van der Waals surface area contributed by atoms with Crippen LogP contribution in [0.2, 0.25) is 10.0 Å². The minimum atomic E-state index is -0.273. The first-order chi connectivity index (χ1) is 18.7. The molecule has 1 heterocycles. The van der Waals surface area contributed by atoms with Gasteiger partial charge >= 0.3 is 0 Å². The van der Waals surface area contributed by atoms with Gasteiger partial charge in [0.1, 0.15) is 11.5 Å². The number of nitrogens with zero attached hydrogens (tertiary/aromatic N) is 3. The molecular weight excluding hydrogens is 537 g/mol. The van der Waals surface area contributed by atoms with Crippen LogP contribution in [0.15, 0.2) is 36.9 Å². The molecule has 10 heteroatoms. The fraction of sp³-hybridized carbons (Fsp3) is 0.379. The molecule has 1 aliphatic rings. The van der Waals surface area contributed by atoms with E-state index in [0.717, 1.165) is 59.7 Å². The highest BCUT2D eigenvalue weighted by atomic mass is 35.5. The Morgan fingerprint density at radius 2 is 1.85 bits per heavy atom. The minimum absolute atomic E-state index is 0.0578. The molecule has 0 bridgehead atoms. The van der Waals surface area contributed by atoms with Crippen LogP contribution in [0.4, 0.5) is 11.4 Å². The average molecular weight is 573 g/mol. The molecule has 0 fully saturated rings. The Morgan fingerprint density at radius 3 is 2.46 bits per heavy atom. The molecule has 2 aromatic carbocycles. The number of halogens is 2. The van der Waals surface area contributed by atoms with Crippen molar-refractivity contribution < 1.29 is 14.3 Å². The molecule has 0 radical (unpaired) electrons. The van der Waals surface area contributed by atoms with Crippen molar-refractivity contribution in [2.45, 2.75) is 25.2 Å². The van der Waals surface area contributed by atoms with Gasteiger partial charge in [-0.2, -0.15) is 5.10 Å². The number of carbonyl (C=O) groups is 1. The number of ether oxygens (including phenoxy) is 2. The molecule has 1 amide bonds. The van der Waals surface area contributed by atoms with Crippen molar-refractivity contribution in [1.29, 1.82) is 0 Å². The van der Waals surface area contributed by atoms with Crippen LogP contribution in [0, 0.1) is 0 Å². The molecule has 0 unspecified atom stereocenters. The van der Waals surface area contributed by atoms with Gasteiger partial charge in [0.05, 0.1) is 35.6 Å². The third kappa shape index (κ3) is 6.03. The molecule has 0 aliphatic heterocycles. The number of hydrogen-bond acceptors (Lipinski definition) is 6. The maximum absolute atomic E-state index is 12.3. The fourth-order valence-electron chi connectivity index (χ4n) is 4.98. The zero-order valence-corrected chi connectivity index (χ0v) is 24.5. The summed E-state index contributed by atoms with van der Waals surface area (Å²) in [5.41, 5.74) is 6.32. The molecule has 4 rings (SSSR count). The standard InChI is InChI=1S/C29H35Cl2N5O3/c1-7-25(37)32-21-15-18(36(4)13-12-35(2)3)9-11-19(21)29-20-10-8-17(14-22(20)33-34-29)26-27(30)23(38-5)16-24(39-6)28(26)31/h7,9,11,15-17H,1,8,10,12-14H2,2-6H3,(H,32,37)(H,33,34)/t17-/m0/s1. The van der Waals surface area contributed by atoms with Gasteiger partial charge in [0.25, 0.3) is 0 Å². The number of hydrogen-bond donors (Lipinski definition) is 2. The second-order valence-corrected chi connectivity index (χ2v) is 10.7. The van der Waals surface area contributed by atoms with Crippen LogP contribution < -0.4 is 19.7 Å². The smallest absolute Gasteiger partial charge is 0.247 e. The lowest BCUT2D eigenvalue weighted by molar-refractivity contribution is -0.111. The molecular formula is C29H35Cl2N5O3. The number of carbonyl (C=O) groups excluding carboxylic acids is 1. The number of nitrogens with one attached hydrogen (secondary N) is 2. The summed E-state index contributed by atoms with van der Waals surface area (Å²) in [5.74, 6) is 0.844. The molecule has 1 aromatic heterocycles. The monoisotopic (exact) mass is 571 g/mol. The number of methoxy groups -OCH3 is 2. The van der Waals surface area contributed by atoms with Gasteiger partial charge in [-0.1, -0.05) is 29.8 Å². The van der Waals surface area contributed by atoms with Crippen LogP contribution in [0.5, 0.6) is 11.5 Å². The van der Waals surface area contributed by atoms with Crippen molar-refractivity contribution in [3.63, 3.8) is 0 Å². The lowest BCUT2D eigenvalue weighted by Crippen LogP contribution is -2.28. The summed E-state index contributed by atoms with van der Waals surface area (Å²) in [7, 11) is 9.28. The van der Waals surface area contributed by atoms with Gasteiger partial charge in [0, 0.05) is 54.3 Å². The quantitative estimate of drug-likeness (QED) is 0.299. The van der Waals surface area contributed by atoms with Crippen molar-refractivity contribution in [1.82, 2.24) is 15.1 Å². The van der Waals surface area contributed by atoms with E-state index >= 15 is 0 Å². The molecule has 0 saturated heterocycles. The van der Waals surface area contributed by atoms with Crippen molar-refractivity contribution in [2.24, 2.45) is 0 Å². The summed E-state index contributed by atoms with van der Waals surface area (Å²) < 4.78 is 10.9. The van der Waals surface area contributed by atoms with Gasteiger partial charge in [0.15, 0.2) is 0 Å². The number of likely N-dealkylation sites (N-methyl/N-ethyl adjacent to an activating group) is 2. The van der Waals surface area contributed by atoms with E-state index < -0.39 is 0 Å². The number of benzene rings is 2. The number of amides is 1. The summed E-state index contributed by atoms with van der Waals surface area (Å²) in [6, 6.07) is 7.77. The molecule has 1 atom stereocenters. The highest BCUT2D eigenvalue weighted by Gasteiger charge is 2.31. The zero-order valence-electron chi connectivity index (χ0n) is 23.0. The van der Waals surface area contributed by atoms with Crippen LogP contribution in [-0.2, 0) is 17.6 Å². The Bertz CT molecular complexity index is 1340. The topological polar surface area (TPSA) is 82.7 Å². The first-order valence-corrected chi connectivity index (χ1v) is 13.5. The predicted molar refractivity (Wildman–Crippen MR) is 159 cm³/mol. The molecule has 0 saturated carbocycles. The average Bonchev–Trinajstić information content (AvgIpc) is 3.35. The number of aromatic amines is 1. The molecule has 3 aromatic rings. The Labute approximate surface area is 239 Å². The third-order valence-electron chi connectivity index (χ3n) is 7.19. The molecule has 8 nitrogen and oxygen atoms in total. The third-order valence-corrected chi connectivity index (χ3v) is 7.97. The van der Waals surface area contributed by atoms with Gasteiger partial charge in [-0.15, -0.1) is 0 Å². The highest BCUT2D eigenvalue weighted by molar-refractivity contribution is 6.38. The summed E-state index contributed by atoms with van der Waals surface area (Å²) in [6.07, 6.45) is 3.52. The van der Waals surface area contributed by atoms with Crippen molar-refractivity contribution in [3.05, 3.63) is 63.8 Å². The number of fused-ring (bicyclic) bond motifs is 1. The number of anilines is 2. The largest absolute Gasteiger partial charge is 0.495 e. The molecule has 0 spiro atoms. The van der Waals surface area contributed by atoms with Crippen LogP contribution in [0.1, 0.15) is 29.2 Å². The Balaban J connectivity index is 1.68. The first-order valence-electron chi connectivity index (χ1n) is 12.8. The van der Waals surface area contributed by atoms with Gasteiger partial charge in [-0.05, 0) is 63.6 Å². The van der Waals surface area contributed by atoms with E-state index in [4.69, 9.17) is 37.8 Å². The van der Waals surface area contributed by atoms with E-state index in [2.05, 4.69) is 32.9 Å². The Morgan fingerprint density at radius 1 is 1.15 bits per heavy atom. The summed E-state index contributed by atoms with van der Waals surface area (Å²) in [5, 5.41) is 11.9. The molecule has 2 N–H and O–H groups in total. The van der Waals surface area contributed by atoms with E-state index in [1.165, 1.54) is 6.08 Å². The van der Waals surface area contributed by atoms with Gasteiger partial charge < -0.3 is 24.6 Å². The zero-order chi connectivity index (χ0) is 28.3. The van der Waals surface area contributed by atoms with E-state index in [1.807, 2.05) is 33.3 Å². The normalized spacial score (nSPS) is 14.6. The lowest BCUT2D eigenvalue weighted by atomic mass is 9.81. The van der Waals surface area contributed by atoms with Crippen molar-refractivity contribution in [3.8, 4) is 22.8 Å². The first kappa shape index (κ1) is 28.8. The fourth-order valence-corrected chi connectivity index (χ4v) is 5.79. The van der Waals surface area contributed by atoms with E-state index in [1.54, 1.807) is 20.3 Å². The maximum Gasteiger partial charge on any atom is 0.247 e. The van der Waals surface area contributed by atoms with Gasteiger partial charge in [0.2, 0.25) is 5.91 Å². The summed E-state index contributed by atoms with van der Waals surface area (Å²) in [4.78, 5) is 16.6. The van der Waals surface area contributed by atoms with Gasteiger partial charge in [-0.3, -0.25) is 9.89 Å². The van der Waals surface area contributed by atoms with E-state index in [0.29, 0.717) is 33.7 Å². The lowest BCUT2D eigenvalue weighted by Gasteiger charge is -2.26. The summed E-state index contributed by atoms with van der Waals surface area (Å²) in [6.45, 7) is 5.37. The second kappa shape index (κ2) is 12.3.